The second-order valence-corrected chi connectivity index (χ2v) is 9.14. The molecule has 2 aromatic carbocycles. The largest absolute Gasteiger partial charge is 0.352 e. The summed E-state index contributed by atoms with van der Waals surface area (Å²) < 4.78 is 26.5. The average molecular weight is 412 g/mol. The van der Waals surface area contributed by atoms with Crippen molar-refractivity contribution in [2.45, 2.75) is 31.7 Å². The Labute approximate surface area is 171 Å². The molecule has 29 heavy (non-hydrogen) atoms. The van der Waals surface area contributed by atoms with E-state index in [1.807, 2.05) is 42.8 Å². The molecule has 0 aliphatic rings. The summed E-state index contributed by atoms with van der Waals surface area (Å²) in [5.74, 6) is -0.216. The van der Waals surface area contributed by atoms with Gasteiger partial charge in [-0.15, -0.1) is 0 Å². The quantitative estimate of drug-likeness (QED) is 0.578. The molecule has 0 fully saturated rings. The number of rotatable bonds is 8. The molecule has 0 radical (unpaired) electrons. The van der Waals surface area contributed by atoms with Crippen molar-refractivity contribution in [3.05, 3.63) is 83.2 Å². The molecule has 1 heterocycles. The van der Waals surface area contributed by atoms with Crippen molar-refractivity contribution in [1.29, 1.82) is 0 Å². The number of nitrogens with one attached hydrogen (secondary N) is 1. The molecule has 1 N–H and O–H groups in total. The molecule has 1 amide bonds. The summed E-state index contributed by atoms with van der Waals surface area (Å²) >= 11 is 0. The Kier molecular flexibility index (Phi) is 6.49. The smallest absolute Gasteiger partial charge is 0.251 e. The zero-order valence-electron chi connectivity index (χ0n) is 16.6. The van der Waals surface area contributed by atoms with E-state index < -0.39 is 9.84 Å². The lowest BCUT2D eigenvalue weighted by Crippen LogP contribution is -2.26. The van der Waals surface area contributed by atoms with E-state index in [1.54, 1.807) is 36.4 Å². The maximum absolute atomic E-state index is 12.4. The number of nitrogens with zero attached hydrogens (tertiary/aromatic N) is 2. The first kappa shape index (κ1) is 20.8. The third-order valence-electron chi connectivity index (χ3n) is 4.60. The first-order chi connectivity index (χ1) is 13.8. The molecule has 0 saturated heterocycles. The van der Waals surface area contributed by atoms with Crippen molar-refractivity contribution in [2.75, 3.05) is 12.3 Å². The van der Waals surface area contributed by atoms with Gasteiger partial charge in [-0.25, -0.2) is 8.42 Å². The molecule has 0 atom stereocenters. The molecular formula is C22H25N3O3S. The number of hydrogen-bond donors (Lipinski definition) is 1. The summed E-state index contributed by atoms with van der Waals surface area (Å²) in [6.45, 7) is 4.84. The van der Waals surface area contributed by atoms with E-state index in [4.69, 9.17) is 0 Å². The van der Waals surface area contributed by atoms with Gasteiger partial charge in [-0.2, -0.15) is 5.10 Å². The molecule has 0 spiro atoms. The van der Waals surface area contributed by atoms with Crippen molar-refractivity contribution >= 4 is 15.7 Å². The molecule has 7 heteroatoms. The van der Waals surface area contributed by atoms with Crippen LogP contribution >= 0.6 is 0 Å². The first-order valence-electron chi connectivity index (χ1n) is 9.51. The highest BCUT2D eigenvalue weighted by atomic mass is 32.2. The third-order valence-corrected chi connectivity index (χ3v) is 6.42. The normalized spacial score (nSPS) is 11.4. The Bertz CT molecular complexity index is 1090. The Morgan fingerprint density at radius 1 is 1.03 bits per heavy atom. The van der Waals surface area contributed by atoms with Crippen LogP contribution in [0.3, 0.4) is 0 Å². The molecule has 6 nitrogen and oxygen atoms in total. The third kappa shape index (κ3) is 5.54. The summed E-state index contributed by atoms with van der Waals surface area (Å²) in [4.78, 5) is 12.7. The maximum atomic E-state index is 12.4. The van der Waals surface area contributed by atoms with Crippen LogP contribution < -0.4 is 5.32 Å². The van der Waals surface area contributed by atoms with Crippen molar-refractivity contribution in [3.63, 3.8) is 0 Å². The van der Waals surface area contributed by atoms with Gasteiger partial charge in [-0.05, 0) is 56.2 Å². The highest BCUT2D eigenvalue weighted by Crippen LogP contribution is 2.12. The SMILES string of the molecule is Cc1cc(C)n(Cc2cccc(C(=O)NCCCS(=O)(=O)c3ccccc3)c2)n1. The van der Waals surface area contributed by atoms with E-state index in [2.05, 4.69) is 10.4 Å². The van der Waals surface area contributed by atoms with Crippen LogP contribution in [0, 0.1) is 13.8 Å². The zero-order valence-corrected chi connectivity index (χ0v) is 17.4. The minimum absolute atomic E-state index is 0.00470. The first-order valence-corrected chi connectivity index (χ1v) is 11.2. The molecule has 1 aromatic heterocycles. The number of sulfone groups is 1. The number of benzene rings is 2. The standard InChI is InChI=1S/C22H25N3O3S/c1-17-14-18(2)25(24-17)16-19-8-6-9-20(15-19)22(26)23-12-7-13-29(27,28)21-10-4-3-5-11-21/h3-6,8-11,14-15H,7,12-13,16H2,1-2H3,(H,23,26). The summed E-state index contributed by atoms with van der Waals surface area (Å²) in [5.41, 5.74) is 3.56. The van der Waals surface area contributed by atoms with Crippen molar-refractivity contribution in [1.82, 2.24) is 15.1 Å². The van der Waals surface area contributed by atoms with E-state index in [-0.39, 0.29) is 11.7 Å². The lowest BCUT2D eigenvalue weighted by molar-refractivity contribution is 0.0953. The molecule has 0 aliphatic carbocycles. The van der Waals surface area contributed by atoms with Crippen molar-refractivity contribution in [3.8, 4) is 0 Å². The van der Waals surface area contributed by atoms with E-state index in [9.17, 15) is 13.2 Å². The number of aromatic nitrogens is 2. The van der Waals surface area contributed by atoms with Crippen LogP contribution in [0.4, 0.5) is 0 Å². The van der Waals surface area contributed by atoms with Crippen LogP contribution in [0.25, 0.3) is 0 Å². The van der Waals surface area contributed by atoms with Crippen LogP contribution in [0.15, 0.2) is 65.6 Å². The fraction of sp³-hybridized carbons (Fsp3) is 0.273. The molecule has 3 aromatic rings. The molecule has 152 valence electrons. The molecule has 0 aliphatic heterocycles. The summed E-state index contributed by atoms with van der Waals surface area (Å²) in [7, 11) is -3.33. The van der Waals surface area contributed by atoms with E-state index in [0.29, 0.717) is 30.0 Å². The number of amides is 1. The molecular weight excluding hydrogens is 386 g/mol. The zero-order chi connectivity index (χ0) is 20.9. The van der Waals surface area contributed by atoms with Gasteiger partial charge in [0.05, 0.1) is 22.9 Å². The summed E-state index contributed by atoms with van der Waals surface area (Å²) in [5, 5.41) is 7.25. The summed E-state index contributed by atoms with van der Waals surface area (Å²) in [6.07, 6.45) is 0.356. The predicted molar refractivity (Wildman–Crippen MR) is 113 cm³/mol. The van der Waals surface area contributed by atoms with Gasteiger partial charge in [0, 0.05) is 17.8 Å². The number of aryl methyl sites for hydroxylation is 2. The fourth-order valence-electron chi connectivity index (χ4n) is 3.13. The number of hydrogen-bond acceptors (Lipinski definition) is 4. The van der Waals surface area contributed by atoms with E-state index >= 15 is 0 Å². The highest BCUT2D eigenvalue weighted by molar-refractivity contribution is 7.91. The molecule has 0 saturated carbocycles. The van der Waals surface area contributed by atoms with Crippen LogP contribution in [-0.2, 0) is 16.4 Å². The Hall–Kier alpha value is -2.93. The number of carbonyl (C=O) groups is 1. The van der Waals surface area contributed by atoms with E-state index in [1.165, 1.54) is 0 Å². The predicted octanol–water partition coefficient (Wildman–Crippen LogP) is 3.14. The fourth-order valence-corrected chi connectivity index (χ4v) is 4.46. The monoisotopic (exact) mass is 411 g/mol. The topological polar surface area (TPSA) is 81.1 Å². The van der Waals surface area contributed by atoms with Gasteiger partial charge in [0.25, 0.3) is 5.91 Å². The Balaban J connectivity index is 1.54. The Morgan fingerprint density at radius 3 is 2.48 bits per heavy atom. The lowest BCUT2D eigenvalue weighted by atomic mass is 10.1. The van der Waals surface area contributed by atoms with Crippen LogP contribution in [0.2, 0.25) is 0 Å². The molecule has 3 rings (SSSR count). The highest BCUT2D eigenvalue weighted by Gasteiger charge is 2.14. The van der Waals surface area contributed by atoms with Gasteiger partial charge in [0.15, 0.2) is 9.84 Å². The van der Waals surface area contributed by atoms with Crippen molar-refractivity contribution in [2.24, 2.45) is 0 Å². The van der Waals surface area contributed by atoms with Gasteiger partial charge < -0.3 is 5.32 Å². The minimum atomic E-state index is -3.33. The molecule has 0 unspecified atom stereocenters. The van der Waals surface area contributed by atoms with Gasteiger partial charge in [-0.1, -0.05) is 30.3 Å². The maximum Gasteiger partial charge on any atom is 0.251 e. The van der Waals surface area contributed by atoms with Gasteiger partial charge in [0.1, 0.15) is 0 Å². The minimum Gasteiger partial charge on any atom is -0.352 e. The summed E-state index contributed by atoms with van der Waals surface area (Å²) in [6, 6.07) is 17.8. The number of carbonyl (C=O) groups excluding carboxylic acids is 1. The van der Waals surface area contributed by atoms with Crippen molar-refractivity contribution < 1.29 is 13.2 Å². The second kappa shape index (κ2) is 9.05. The van der Waals surface area contributed by atoms with Gasteiger partial charge >= 0.3 is 0 Å². The van der Waals surface area contributed by atoms with Gasteiger partial charge in [0.2, 0.25) is 0 Å². The lowest BCUT2D eigenvalue weighted by Gasteiger charge is -2.09. The Morgan fingerprint density at radius 2 is 1.79 bits per heavy atom. The second-order valence-electron chi connectivity index (χ2n) is 7.03. The average Bonchev–Trinajstić information content (AvgIpc) is 3.02. The van der Waals surface area contributed by atoms with Crippen LogP contribution in [-0.4, -0.2) is 36.4 Å². The van der Waals surface area contributed by atoms with Crippen LogP contribution in [0.5, 0.6) is 0 Å². The van der Waals surface area contributed by atoms with E-state index in [0.717, 1.165) is 17.0 Å². The van der Waals surface area contributed by atoms with Crippen LogP contribution in [0.1, 0.15) is 33.7 Å². The molecule has 0 bridgehead atoms. The van der Waals surface area contributed by atoms with Gasteiger partial charge in [-0.3, -0.25) is 9.48 Å².